The average molecular weight is 170 g/mol. The molecule has 0 spiro atoms. The summed E-state index contributed by atoms with van der Waals surface area (Å²) in [6.45, 7) is 4.40. The molecule has 3 nitrogen and oxygen atoms in total. The molecule has 0 amide bonds. The Hall–Kier alpha value is -0.120. The molecule has 2 aliphatic heterocycles. The topological polar surface area (TPSA) is 24.5 Å². The molecule has 0 unspecified atom stereocenters. The van der Waals surface area contributed by atoms with Crippen LogP contribution in [-0.2, 0) is 4.74 Å². The Morgan fingerprint density at radius 3 is 2.50 bits per heavy atom. The van der Waals surface area contributed by atoms with Gasteiger partial charge in [0.15, 0.2) is 0 Å². The van der Waals surface area contributed by atoms with Gasteiger partial charge in [-0.15, -0.1) is 0 Å². The zero-order valence-corrected chi connectivity index (χ0v) is 7.75. The minimum atomic E-state index is 0.743. The van der Waals surface area contributed by atoms with E-state index in [1.54, 1.807) is 0 Å². The van der Waals surface area contributed by atoms with Gasteiger partial charge in [-0.05, 0) is 19.9 Å². The van der Waals surface area contributed by atoms with E-state index in [0.29, 0.717) is 0 Å². The fourth-order valence-corrected chi connectivity index (χ4v) is 2.04. The molecule has 0 radical (unpaired) electrons. The van der Waals surface area contributed by atoms with Crippen molar-refractivity contribution in [3.63, 3.8) is 0 Å². The fraction of sp³-hybridized carbons (Fsp3) is 1.00. The summed E-state index contributed by atoms with van der Waals surface area (Å²) >= 11 is 0. The Labute approximate surface area is 74.1 Å². The normalized spacial score (nSPS) is 28.8. The molecule has 2 heterocycles. The van der Waals surface area contributed by atoms with Crippen LogP contribution in [0, 0.1) is 0 Å². The second-order valence-corrected chi connectivity index (χ2v) is 3.78. The first-order valence-corrected chi connectivity index (χ1v) is 4.89. The largest absolute Gasteiger partial charge is 0.381 e. The molecule has 2 rings (SSSR count). The van der Waals surface area contributed by atoms with Gasteiger partial charge in [0.1, 0.15) is 0 Å². The highest BCUT2D eigenvalue weighted by atomic mass is 16.5. The van der Waals surface area contributed by atoms with Crippen molar-refractivity contribution in [3.05, 3.63) is 0 Å². The third-order valence-corrected chi connectivity index (χ3v) is 3.03. The summed E-state index contributed by atoms with van der Waals surface area (Å²) in [6.07, 6.45) is 2.47. The highest BCUT2D eigenvalue weighted by molar-refractivity contribution is 4.89. The lowest BCUT2D eigenvalue weighted by Crippen LogP contribution is -2.61. The summed E-state index contributed by atoms with van der Waals surface area (Å²) in [6, 6.07) is 1.55. The number of hydrogen-bond acceptors (Lipinski definition) is 3. The first kappa shape index (κ1) is 8.48. The molecule has 70 valence electrons. The van der Waals surface area contributed by atoms with Crippen molar-refractivity contribution in [2.45, 2.75) is 24.9 Å². The van der Waals surface area contributed by atoms with Crippen LogP contribution in [0.1, 0.15) is 12.8 Å². The lowest BCUT2D eigenvalue weighted by Gasteiger charge is -2.45. The minimum Gasteiger partial charge on any atom is -0.381 e. The van der Waals surface area contributed by atoms with E-state index in [9.17, 15) is 0 Å². The molecule has 2 saturated heterocycles. The van der Waals surface area contributed by atoms with Crippen LogP contribution in [0.3, 0.4) is 0 Å². The summed E-state index contributed by atoms with van der Waals surface area (Å²) in [4.78, 5) is 2.57. The lowest BCUT2D eigenvalue weighted by atomic mass is 10.0. The number of hydrogen-bond donors (Lipinski definition) is 1. The van der Waals surface area contributed by atoms with E-state index in [-0.39, 0.29) is 0 Å². The molecule has 0 aromatic heterocycles. The van der Waals surface area contributed by atoms with E-state index in [2.05, 4.69) is 10.2 Å². The van der Waals surface area contributed by atoms with Crippen LogP contribution >= 0.6 is 0 Å². The maximum Gasteiger partial charge on any atom is 0.0480 e. The number of likely N-dealkylation sites (tertiary alicyclic amines) is 1. The molecule has 1 N–H and O–H groups in total. The summed E-state index contributed by atoms with van der Waals surface area (Å²) < 4.78 is 5.33. The van der Waals surface area contributed by atoms with Crippen molar-refractivity contribution in [1.29, 1.82) is 0 Å². The Morgan fingerprint density at radius 1 is 1.25 bits per heavy atom. The molecule has 0 aliphatic carbocycles. The standard InChI is InChI=1S/C9H18N2O/c1-10-8-6-11(7-8)9-2-4-12-5-3-9/h8-10H,2-7H2,1H3. The van der Waals surface area contributed by atoms with E-state index in [1.165, 1.54) is 25.9 Å². The molecular weight excluding hydrogens is 152 g/mol. The van der Waals surface area contributed by atoms with Crippen LogP contribution in [0.5, 0.6) is 0 Å². The number of ether oxygens (including phenoxy) is 1. The smallest absolute Gasteiger partial charge is 0.0480 e. The SMILES string of the molecule is CNC1CN(C2CCOCC2)C1. The van der Waals surface area contributed by atoms with E-state index in [4.69, 9.17) is 4.74 Å². The average Bonchev–Trinajstić information content (AvgIpc) is 2.04. The van der Waals surface area contributed by atoms with Crippen LogP contribution < -0.4 is 5.32 Å². The second kappa shape index (κ2) is 3.73. The zero-order valence-electron chi connectivity index (χ0n) is 7.75. The minimum absolute atomic E-state index is 0.743. The van der Waals surface area contributed by atoms with Gasteiger partial charge < -0.3 is 10.1 Å². The number of nitrogens with zero attached hydrogens (tertiary/aromatic N) is 1. The predicted molar refractivity (Wildman–Crippen MR) is 48.3 cm³/mol. The van der Waals surface area contributed by atoms with Gasteiger partial charge in [-0.3, -0.25) is 4.90 Å². The Balaban J connectivity index is 1.72. The summed E-state index contributed by atoms with van der Waals surface area (Å²) in [5.74, 6) is 0. The van der Waals surface area contributed by atoms with E-state index in [0.717, 1.165) is 25.3 Å². The van der Waals surface area contributed by atoms with Gasteiger partial charge in [0.2, 0.25) is 0 Å². The van der Waals surface area contributed by atoms with Crippen LogP contribution in [-0.4, -0.2) is 50.3 Å². The van der Waals surface area contributed by atoms with Crippen LogP contribution in [0.4, 0.5) is 0 Å². The van der Waals surface area contributed by atoms with E-state index in [1.807, 2.05) is 7.05 Å². The Morgan fingerprint density at radius 2 is 1.92 bits per heavy atom. The first-order valence-electron chi connectivity index (χ1n) is 4.89. The van der Waals surface area contributed by atoms with Crippen LogP contribution in [0.25, 0.3) is 0 Å². The predicted octanol–water partition coefficient (Wildman–Crippen LogP) is 0.0690. The monoisotopic (exact) mass is 170 g/mol. The molecule has 0 aromatic rings. The van der Waals surface area contributed by atoms with Crippen molar-refractivity contribution in [3.8, 4) is 0 Å². The maximum atomic E-state index is 5.33. The van der Waals surface area contributed by atoms with Crippen LogP contribution in [0.2, 0.25) is 0 Å². The third-order valence-electron chi connectivity index (χ3n) is 3.03. The lowest BCUT2D eigenvalue weighted by molar-refractivity contribution is -0.00216. The zero-order chi connectivity index (χ0) is 8.39. The number of likely N-dealkylation sites (N-methyl/N-ethyl adjacent to an activating group) is 1. The number of rotatable bonds is 2. The van der Waals surface area contributed by atoms with Crippen molar-refractivity contribution in [1.82, 2.24) is 10.2 Å². The van der Waals surface area contributed by atoms with Crippen LogP contribution in [0.15, 0.2) is 0 Å². The van der Waals surface area contributed by atoms with Gasteiger partial charge in [0.05, 0.1) is 0 Å². The maximum absolute atomic E-state index is 5.33. The number of nitrogens with one attached hydrogen (secondary N) is 1. The van der Waals surface area contributed by atoms with Gasteiger partial charge >= 0.3 is 0 Å². The molecular formula is C9H18N2O. The molecule has 0 aromatic carbocycles. The van der Waals surface area contributed by atoms with Gasteiger partial charge in [-0.25, -0.2) is 0 Å². The van der Waals surface area contributed by atoms with Gasteiger partial charge in [-0.2, -0.15) is 0 Å². The highest BCUT2D eigenvalue weighted by Gasteiger charge is 2.31. The quantitative estimate of drug-likeness (QED) is 0.634. The van der Waals surface area contributed by atoms with E-state index < -0.39 is 0 Å². The summed E-state index contributed by atoms with van der Waals surface area (Å²) in [7, 11) is 2.05. The third kappa shape index (κ3) is 1.63. The summed E-state index contributed by atoms with van der Waals surface area (Å²) in [5, 5.41) is 3.30. The Kier molecular flexibility index (Phi) is 2.63. The van der Waals surface area contributed by atoms with E-state index >= 15 is 0 Å². The molecule has 0 bridgehead atoms. The van der Waals surface area contributed by atoms with Gasteiger partial charge in [0, 0.05) is 38.4 Å². The van der Waals surface area contributed by atoms with Gasteiger partial charge in [0.25, 0.3) is 0 Å². The molecule has 3 heteroatoms. The van der Waals surface area contributed by atoms with Crippen molar-refractivity contribution in [2.24, 2.45) is 0 Å². The molecule has 2 aliphatic rings. The Bertz CT molecular complexity index is 139. The molecule has 0 atom stereocenters. The molecule has 0 saturated carbocycles. The highest BCUT2D eigenvalue weighted by Crippen LogP contribution is 2.19. The van der Waals surface area contributed by atoms with Gasteiger partial charge in [-0.1, -0.05) is 0 Å². The molecule has 2 fully saturated rings. The van der Waals surface area contributed by atoms with Crippen molar-refractivity contribution >= 4 is 0 Å². The molecule has 12 heavy (non-hydrogen) atoms. The second-order valence-electron chi connectivity index (χ2n) is 3.78. The van der Waals surface area contributed by atoms with Crippen molar-refractivity contribution in [2.75, 3.05) is 33.4 Å². The summed E-state index contributed by atoms with van der Waals surface area (Å²) in [5.41, 5.74) is 0. The van der Waals surface area contributed by atoms with Crippen molar-refractivity contribution < 1.29 is 4.74 Å². The fourth-order valence-electron chi connectivity index (χ4n) is 2.04. The first-order chi connectivity index (χ1) is 5.90.